The van der Waals surface area contributed by atoms with Crippen LogP contribution in [-0.4, -0.2) is 108 Å². The van der Waals surface area contributed by atoms with Crippen LogP contribution in [0.2, 0.25) is 10.1 Å². The maximum Gasteiger partial charge on any atom is 2.00 e. The van der Waals surface area contributed by atoms with Crippen molar-refractivity contribution >= 4 is 72.1 Å². The summed E-state index contributed by atoms with van der Waals surface area (Å²) in [7, 11) is -1.80. The van der Waals surface area contributed by atoms with Crippen molar-refractivity contribution in [2.45, 2.75) is 188 Å². The van der Waals surface area contributed by atoms with Gasteiger partial charge >= 0.3 is 23.1 Å². The number of Topliss-reactive ketones (excluding diaryl/α,β-unsaturated/α-hetero) is 1. The van der Waals surface area contributed by atoms with E-state index < -0.39 is 16.6 Å². The number of ether oxygens (including phenoxy) is 2. The Morgan fingerprint density at radius 3 is 1.19 bits per heavy atom. The van der Waals surface area contributed by atoms with E-state index in [4.69, 9.17) is 23.2 Å². The van der Waals surface area contributed by atoms with Gasteiger partial charge in [0.2, 0.25) is 5.91 Å². The van der Waals surface area contributed by atoms with E-state index in [2.05, 4.69) is 190 Å². The first-order valence-corrected chi connectivity index (χ1v) is 32.8. The maximum absolute atomic E-state index is 12.3. The van der Waals surface area contributed by atoms with E-state index in [1.165, 1.54) is 44.1 Å². The third kappa shape index (κ3) is 20.0. The van der Waals surface area contributed by atoms with Gasteiger partial charge in [0.15, 0.2) is 0 Å². The zero-order valence-electron chi connectivity index (χ0n) is 51.9. The number of nitrogens with zero attached hydrogens (tertiary/aromatic N) is 1. The second kappa shape index (κ2) is 34.5. The van der Waals surface area contributed by atoms with Gasteiger partial charge in [0, 0.05) is 32.1 Å². The van der Waals surface area contributed by atoms with Gasteiger partial charge in [-0.2, -0.15) is 0 Å². The molecule has 0 bridgehead atoms. The molecule has 1 amide bonds. The topological polar surface area (TPSA) is 83.5 Å². The van der Waals surface area contributed by atoms with Gasteiger partial charge in [0.25, 0.3) is 16.6 Å². The molecule has 0 spiro atoms. The molecule has 8 nitrogen and oxygen atoms in total. The Morgan fingerprint density at radius 1 is 0.588 bits per heavy atom. The largest absolute Gasteiger partial charge is 2.00 e. The Morgan fingerprint density at radius 2 is 0.900 bits per heavy atom. The average molecular weight is 1160 g/mol. The first-order chi connectivity index (χ1) is 36.5. The predicted octanol–water partition coefficient (Wildman–Crippen LogP) is 10.7. The van der Waals surface area contributed by atoms with Crippen LogP contribution in [-0.2, 0) is 32.8 Å². The van der Waals surface area contributed by atoms with E-state index in [1.807, 2.05) is 13.8 Å². The van der Waals surface area contributed by atoms with Crippen molar-refractivity contribution in [2.24, 2.45) is 23.7 Å². The summed E-state index contributed by atoms with van der Waals surface area (Å²) in [6, 6.07) is 43.3. The number of ketones is 1. The molecule has 2 aliphatic rings. The van der Waals surface area contributed by atoms with Crippen molar-refractivity contribution in [3.63, 3.8) is 0 Å². The molecule has 0 aromatic heterocycles. The fraction of sp³-hybridized carbons (Fsp3) is 0.544. The van der Waals surface area contributed by atoms with Crippen LogP contribution in [0.5, 0.6) is 0 Å². The van der Waals surface area contributed by atoms with Crippen LogP contribution in [0.3, 0.4) is 0 Å². The zero-order valence-corrected chi connectivity index (χ0v) is 56.0. The molecule has 6 rings (SSSR count). The van der Waals surface area contributed by atoms with E-state index in [-0.39, 0.29) is 101 Å². The molecule has 0 N–H and O–H groups in total. The average Bonchev–Trinajstić information content (AvgIpc) is 3.96. The fourth-order valence-corrected chi connectivity index (χ4v) is 21.3. The molecule has 2 fully saturated rings. The van der Waals surface area contributed by atoms with Gasteiger partial charge in [0.05, 0.1) is 31.5 Å². The molecule has 2 aliphatic heterocycles. The second-order valence-corrected chi connectivity index (χ2v) is 33.4. The Bertz CT molecular complexity index is 2340. The van der Waals surface area contributed by atoms with Crippen molar-refractivity contribution < 1.29 is 45.2 Å². The molecule has 438 valence electrons. The molecular weight excluding hydrogens is 1060 g/mol. The quantitative estimate of drug-likeness (QED) is 0.0193. The molecule has 0 radical (unpaired) electrons. The van der Waals surface area contributed by atoms with E-state index in [9.17, 15) is 9.59 Å². The van der Waals surface area contributed by atoms with Gasteiger partial charge in [-0.15, -0.1) is 0 Å². The maximum atomic E-state index is 12.3. The number of hydrogen-bond acceptors (Lipinski definition) is 7. The van der Waals surface area contributed by atoms with Gasteiger partial charge < -0.3 is 38.2 Å². The first-order valence-electron chi connectivity index (χ1n) is 29.0. The Hall–Kier alpha value is -3.21. The third-order valence-corrected chi connectivity index (χ3v) is 26.6. The summed E-state index contributed by atoms with van der Waals surface area (Å²) in [4.78, 5) is 29.0. The molecule has 0 saturated carbocycles. The zero-order chi connectivity index (χ0) is 56.4. The molecule has 4 unspecified atom stereocenters. The number of benzene rings is 4. The van der Waals surface area contributed by atoms with E-state index in [0.717, 1.165) is 83.7 Å². The Kier molecular flexibility index (Phi) is 31.5. The van der Waals surface area contributed by atoms with Crippen LogP contribution < -0.4 is 33.2 Å². The van der Waals surface area contributed by atoms with Crippen molar-refractivity contribution in [2.75, 3.05) is 27.4 Å². The van der Waals surface area contributed by atoms with Crippen molar-refractivity contribution in [1.82, 2.24) is 5.06 Å². The molecule has 8 atom stereocenters. The molecule has 2 saturated heterocycles. The van der Waals surface area contributed by atoms with E-state index in [1.54, 1.807) is 14.0 Å². The number of hydrogen-bond donors (Lipinski definition) is 0. The van der Waals surface area contributed by atoms with Crippen molar-refractivity contribution in [1.29, 1.82) is 0 Å². The molecule has 4 aromatic carbocycles. The summed E-state index contributed by atoms with van der Waals surface area (Å²) in [5.41, 5.74) is 2.43. The number of amides is 1. The molecule has 12 heteroatoms. The second-order valence-electron chi connectivity index (χ2n) is 24.8. The SMILES string of the molecule is C=C1C[C@H](CCCO[Si](c2ccccc2)(c2ccccc2)C(C)(C)C)OC1CC[C@@H](C)CC(C)C(=O)N(C)OC.C=C1C[C@H](CCCO[Si](c2ccccc2)(c2ccccc2)C(C)(C)C)OC1CC[C@@H](C)CC(C)C(C)=O.[CH3-].[Cl-].[Mg+2]. The number of halogens is 1. The Labute approximate surface area is 510 Å². The molecule has 0 aliphatic carbocycles. The molecule has 80 heavy (non-hydrogen) atoms. The van der Waals surface area contributed by atoms with Crippen molar-refractivity contribution in [3.05, 3.63) is 153 Å². The summed E-state index contributed by atoms with van der Waals surface area (Å²) >= 11 is 0. The van der Waals surface area contributed by atoms with Crippen molar-refractivity contribution in [3.8, 4) is 0 Å². The van der Waals surface area contributed by atoms with E-state index in [0.29, 0.717) is 18.4 Å². The number of rotatable bonds is 27. The first kappa shape index (κ1) is 72.9. The molecule has 2 heterocycles. The number of carbonyl (C=O) groups excluding carboxylic acids is 2. The Balaban J connectivity index is 0.000000528. The minimum absolute atomic E-state index is 0. The number of carbonyl (C=O) groups is 2. The summed E-state index contributed by atoms with van der Waals surface area (Å²) < 4.78 is 27.0. The minimum atomic E-state index is -2.50. The van der Waals surface area contributed by atoms with Gasteiger partial charge in [0.1, 0.15) is 5.78 Å². The predicted molar refractivity (Wildman–Crippen MR) is 337 cm³/mol. The van der Waals surface area contributed by atoms with E-state index >= 15 is 0 Å². The van der Waals surface area contributed by atoms with Crippen LogP contribution in [0.15, 0.2) is 146 Å². The summed E-state index contributed by atoms with van der Waals surface area (Å²) in [6.45, 7) is 34.2. The van der Waals surface area contributed by atoms with Crippen LogP contribution >= 0.6 is 0 Å². The monoisotopic (exact) mass is 1160 g/mol. The smallest absolute Gasteiger partial charge is 1.00 e. The van der Waals surface area contributed by atoms with Gasteiger partial charge in [-0.3, -0.25) is 14.4 Å². The van der Waals surface area contributed by atoms with Crippen LogP contribution in [0, 0.1) is 31.1 Å². The summed E-state index contributed by atoms with van der Waals surface area (Å²) in [6.07, 6.45) is 12.3. The number of hydroxylamine groups is 2. The molecular formula is C68H102ClMgNO7Si2. The van der Waals surface area contributed by atoms with Gasteiger partial charge in [-0.1, -0.05) is 204 Å². The summed E-state index contributed by atoms with van der Waals surface area (Å²) in [5.74, 6) is 1.35. The molecule has 4 aromatic rings. The van der Waals surface area contributed by atoms with Crippen LogP contribution in [0.1, 0.15) is 153 Å². The van der Waals surface area contributed by atoms with Gasteiger partial charge in [-0.25, -0.2) is 5.06 Å². The summed E-state index contributed by atoms with van der Waals surface area (Å²) in [5, 5.41) is 6.59. The normalized spacial score (nSPS) is 19.0. The fourth-order valence-electron chi connectivity index (χ4n) is 12.1. The van der Waals surface area contributed by atoms with Crippen LogP contribution in [0.25, 0.3) is 0 Å². The minimum Gasteiger partial charge on any atom is -1.00 e. The third-order valence-electron chi connectivity index (χ3n) is 16.5. The van der Waals surface area contributed by atoms with Crippen LogP contribution in [0.4, 0.5) is 0 Å². The standard InChI is InChI=1S/C34H51NO4Si.C33H48O3Si.CH3.ClH.Mg/c1-26(24-28(3)33(36)35(7)37-8)21-22-32-27(2)25-29(39-32)16-15-23-38-40(34(4,5)6,30-17-11-9-12-18-30)31-19-13-10-14-20-31;1-25(23-26(2)28(4)34)20-21-32-27(3)24-29(36-32)15-14-22-35-37(33(5,6)7,30-16-10-8-11-17-30)31-18-12-9-13-19-31;;;/h9-14,17-20,26,28-29,32H,2,15-16,21-25H2,1,3-8H3;8-13,16-19,25-26,29,32H,3,14-15,20-24H2,1-2,4-7H3;1H3;1H;/q;;-1;;+2/p-1/t26-,28?,29+,32?;25-,26?,29+,32?;;;/m11.../s1. The van der Waals surface area contributed by atoms with Gasteiger partial charge in [-0.05, 0) is 138 Å².